The van der Waals surface area contributed by atoms with Gasteiger partial charge in [-0.2, -0.15) is 0 Å². The molecule has 0 aliphatic carbocycles. The summed E-state index contributed by atoms with van der Waals surface area (Å²) in [5.41, 5.74) is 2.62. The van der Waals surface area contributed by atoms with E-state index in [2.05, 4.69) is 28.2 Å². The highest BCUT2D eigenvalue weighted by Crippen LogP contribution is 2.31. The maximum atomic E-state index is 13.6. The lowest BCUT2D eigenvalue weighted by molar-refractivity contribution is 0.578. The van der Waals surface area contributed by atoms with Gasteiger partial charge in [-0.15, -0.1) is 0 Å². The Morgan fingerprint density at radius 1 is 1.05 bits per heavy atom. The van der Waals surface area contributed by atoms with Gasteiger partial charge in [-0.25, -0.2) is 8.78 Å². The van der Waals surface area contributed by atoms with Crippen molar-refractivity contribution in [3.8, 4) is 0 Å². The van der Waals surface area contributed by atoms with E-state index in [4.69, 9.17) is 0 Å². The Bertz CT molecular complexity index is 628. The van der Waals surface area contributed by atoms with Gasteiger partial charge < -0.3 is 5.32 Å². The lowest BCUT2D eigenvalue weighted by atomic mass is 9.94. The number of hydrogen-bond donors (Lipinski definition) is 1. The van der Waals surface area contributed by atoms with Crippen molar-refractivity contribution in [1.29, 1.82) is 0 Å². The number of hydrogen-bond acceptors (Lipinski definition) is 1. The Kier molecular flexibility index (Phi) is 5.48. The molecule has 0 aliphatic heterocycles. The summed E-state index contributed by atoms with van der Waals surface area (Å²) in [6, 6.07) is 9.16. The standard InChI is InChI=1S/C17H18BrF2N/c1-3-8-21-17(14-6-4-12(19)9-11(14)2)15-10-13(20)5-7-16(15)18/h4-7,9-10,17,21H,3,8H2,1-2H3. The van der Waals surface area contributed by atoms with Crippen LogP contribution in [0.3, 0.4) is 0 Å². The van der Waals surface area contributed by atoms with Crippen molar-refractivity contribution in [2.45, 2.75) is 26.3 Å². The average Bonchev–Trinajstić information content (AvgIpc) is 2.44. The van der Waals surface area contributed by atoms with E-state index in [9.17, 15) is 8.78 Å². The highest BCUT2D eigenvalue weighted by molar-refractivity contribution is 9.10. The van der Waals surface area contributed by atoms with Crippen molar-refractivity contribution in [1.82, 2.24) is 5.32 Å². The van der Waals surface area contributed by atoms with Crippen molar-refractivity contribution < 1.29 is 8.78 Å². The Labute approximate surface area is 132 Å². The molecule has 4 heteroatoms. The highest BCUT2D eigenvalue weighted by Gasteiger charge is 2.19. The zero-order valence-corrected chi connectivity index (χ0v) is 13.7. The van der Waals surface area contributed by atoms with Crippen LogP contribution in [0.4, 0.5) is 8.78 Å². The minimum Gasteiger partial charge on any atom is -0.306 e. The number of benzene rings is 2. The van der Waals surface area contributed by atoms with E-state index in [-0.39, 0.29) is 17.7 Å². The lowest BCUT2D eigenvalue weighted by Gasteiger charge is -2.23. The first kappa shape index (κ1) is 16.1. The lowest BCUT2D eigenvalue weighted by Crippen LogP contribution is -2.24. The molecule has 0 heterocycles. The van der Waals surface area contributed by atoms with Crippen LogP contribution in [-0.2, 0) is 0 Å². The van der Waals surface area contributed by atoms with E-state index in [1.54, 1.807) is 12.1 Å². The fourth-order valence-corrected chi connectivity index (χ4v) is 2.85. The van der Waals surface area contributed by atoms with Crippen LogP contribution in [0, 0.1) is 18.6 Å². The van der Waals surface area contributed by atoms with Crippen molar-refractivity contribution in [2.75, 3.05) is 6.54 Å². The van der Waals surface area contributed by atoms with Gasteiger partial charge in [0, 0.05) is 4.47 Å². The van der Waals surface area contributed by atoms with Crippen LogP contribution in [0.25, 0.3) is 0 Å². The molecule has 0 saturated carbocycles. The molecular weight excluding hydrogens is 336 g/mol. The third kappa shape index (κ3) is 3.89. The summed E-state index contributed by atoms with van der Waals surface area (Å²) < 4.78 is 27.8. The Balaban J connectivity index is 2.49. The second-order valence-electron chi connectivity index (χ2n) is 5.05. The van der Waals surface area contributed by atoms with Gasteiger partial charge in [0.25, 0.3) is 0 Å². The van der Waals surface area contributed by atoms with E-state index in [0.717, 1.165) is 34.1 Å². The quantitative estimate of drug-likeness (QED) is 0.785. The van der Waals surface area contributed by atoms with Gasteiger partial charge in [-0.05, 0) is 66.9 Å². The van der Waals surface area contributed by atoms with Crippen LogP contribution in [0.2, 0.25) is 0 Å². The number of aryl methyl sites for hydroxylation is 1. The van der Waals surface area contributed by atoms with E-state index < -0.39 is 0 Å². The van der Waals surface area contributed by atoms with Gasteiger partial charge in [-0.3, -0.25) is 0 Å². The van der Waals surface area contributed by atoms with Crippen LogP contribution in [-0.4, -0.2) is 6.54 Å². The molecule has 1 N–H and O–H groups in total. The molecule has 2 aromatic rings. The molecule has 112 valence electrons. The second-order valence-corrected chi connectivity index (χ2v) is 5.91. The molecule has 0 aliphatic rings. The zero-order chi connectivity index (χ0) is 15.4. The monoisotopic (exact) mass is 353 g/mol. The summed E-state index contributed by atoms with van der Waals surface area (Å²) in [7, 11) is 0. The molecule has 1 atom stereocenters. The van der Waals surface area contributed by atoms with Gasteiger partial charge in [0.15, 0.2) is 0 Å². The maximum absolute atomic E-state index is 13.6. The molecule has 0 radical (unpaired) electrons. The first-order valence-electron chi connectivity index (χ1n) is 6.97. The molecular formula is C17H18BrF2N. The number of rotatable bonds is 5. The van der Waals surface area contributed by atoms with Crippen LogP contribution >= 0.6 is 15.9 Å². The van der Waals surface area contributed by atoms with E-state index in [1.807, 2.05) is 6.92 Å². The van der Waals surface area contributed by atoms with Crippen molar-refractivity contribution >= 4 is 15.9 Å². The zero-order valence-electron chi connectivity index (χ0n) is 12.1. The molecule has 2 rings (SSSR count). The van der Waals surface area contributed by atoms with Crippen LogP contribution < -0.4 is 5.32 Å². The maximum Gasteiger partial charge on any atom is 0.123 e. The van der Waals surface area contributed by atoms with Crippen LogP contribution in [0.5, 0.6) is 0 Å². The number of nitrogens with one attached hydrogen (secondary N) is 1. The fourth-order valence-electron chi connectivity index (χ4n) is 2.37. The predicted octanol–water partition coefficient (Wildman–Crippen LogP) is 5.12. The van der Waals surface area contributed by atoms with Gasteiger partial charge in [0.1, 0.15) is 11.6 Å². The van der Waals surface area contributed by atoms with Gasteiger partial charge >= 0.3 is 0 Å². The largest absolute Gasteiger partial charge is 0.306 e. The highest BCUT2D eigenvalue weighted by atomic mass is 79.9. The summed E-state index contributed by atoms with van der Waals surface area (Å²) in [6.07, 6.45) is 0.962. The average molecular weight is 354 g/mol. The summed E-state index contributed by atoms with van der Waals surface area (Å²) in [5.74, 6) is -0.542. The molecule has 0 fully saturated rings. The Morgan fingerprint density at radius 2 is 1.71 bits per heavy atom. The third-order valence-corrected chi connectivity index (χ3v) is 4.13. The predicted molar refractivity (Wildman–Crippen MR) is 85.4 cm³/mol. The SMILES string of the molecule is CCCNC(c1ccc(F)cc1C)c1cc(F)ccc1Br. The molecule has 0 amide bonds. The molecule has 1 unspecified atom stereocenters. The molecule has 1 nitrogen and oxygen atoms in total. The van der Waals surface area contributed by atoms with Crippen LogP contribution in [0.15, 0.2) is 40.9 Å². The van der Waals surface area contributed by atoms with Gasteiger partial charge in [0.05, 0.1) is 6.04 Å². The molecule has 0 aromatic heterocycles. The summed E-state index contributed by atoms with van der Waals surface area (Å²) in [5, 5.41) is 3.41. The van der Waals surface area contributed by atoms with Gasteiger partial charge in [0.2, 0.25) is 0 Å². The minimum atomic E-state index is -0.281. The summed E-state index contributed by atoms with van der Waals surface area (Å²) in [6.45, 7) is 4.73. The van der Waals surface area contributed by atoms with Crippen molar-refractivity contribution in [3.05, 3.63) is 69.2 Å². The Hall–Kier alpha value is -1.26. The van der Waals surface area contributed by atoms with Crippen molar-refractivity contribution in [3.63, 3.8) is 0 Å². The van der Waals surface area contributed by atoms with E-state index in [0.29, 0.717) is 0 Å². The summed E-state index contributed by atoms with van der Waals surface area (Å²) in [4.78, 5) is 0. The topological polar surface area (TPSA) is 12.0 Å². The smallest absolute Gasteiger partial charge is 0.123 e. The summed E-state index contributed by atoms with van der Waals surface area (Å²) >= 11 is 3.48. The van der Waals surface area contributed by atoms with Crippen molar-refractivity contribution in [2.24, 2.45) is 0 Å². The first-order chi connectivity index (χ1) is 10.0. The normalized spacial score (nSPS) is 12.4. The van der Waals surface area contributed by atoms with Gasteiger partial charge in [-0.1, -0.05) is 28.9 Å². The first-order valence-corrected chi connectivity index (χ1v) is 7.76. The second kappa shape index (κ2) is 7.14. The van der Waals surface area contributed by atoms with E-state index in [1.165, 1.54) is 24.3 Å². The third-order valence-electron chi connectivity index (χ3n) is 3.41. The van der Waals surface area contributed by atoms with E-state index >= 15 is 0 Å². The molecule has 2 aromatic carbocycles. The Morgan fingerprint density at radius 3 is 2.38 bits per heavy atom. The molecule has 0 bridgehead atoms. The molecule has 0 spiro atoms. The molecule has 0 saturated heterocycles. The van der Waals surface area contributed by atoms with Crippen LogP contribution in [0.1, 0.15) is 36.1 Å². The fraction of sp³-hybridized carbons (Fsp3) is 0.294. The molecule has 21 heavy (non-hydrogen) atoms. The minimum absolute atomic E-state index is 0.171. The number of halogens is 3.